The summed E-state index contributed by atoms with van der Waals surface area (Å²) >= 11 is 0. The maximum Gasteiger partial charge on any atom is 0.303 e. The molecular formula is C24H29N3O5. The van der Waals surface area contributed by atoms with Gasteiger partial charge in [-0.25, -0.2) is 0 Å². The quantitative estimate of drug-likeness (QED) is 0.438. The number of fused-ring (bicyclic) bond motifs is 3. The zero-order chi connectivity index (χ0) is 22.9. The van der Waals surface area contributed by atoms with Crippen LogP contribution >= 0.6 is 0 Å². The van der Waals surface area contributed by atoms with E-state index in [1.165, 1.54) is 6.07 Å². The van der Waals surface area contributed by atoms with E-state index in [0.717, 1.165) is 24.8 Å². The van der Waals surface area contributed by atoms with Gasteiger partial charge < -0.3 is 26.2 Å². The number of para-hydroxylation sites is 2. The van der Waals surface area contributed by atoms with Crippen LogP contribution in [0.25, 0.3) is 0 Å². The predicted octanol–water partition coefficient (Wildman–Crippen LogP) is 3.52. The van der Waals surface area contributed by atoms with Gasteiger partial charge in [-0.15, -0.1) is 0 Å². The average Bonchev–Trinajstić information content (AvgIpc) is 2.75. The monoisotopic (exact) mass is 439 g/mol. The molecule has 2 bridgehead atoms. The van der Waals surface area contributed by atoms with Crippen molar-refractivity contribution in [3.63, 3.8) is 0 Å². The van der Waals surface area contributed by atoms with Crippen LogP contribution in [0.2, 0.25) is 0 Å². The second kappa shape index (κ2) is 11.3. The van der Waals surface area contributed by atoms with Crippen LogP contribution < -0.4 is 16.0 Å². The first-order valence-electron chi connectivity index (χ1n) is 10.9. The molecule has 1 atom stereocenters. The molecule has 2 amide bonds. The van der Waals surface area contributed by atoms with Crippen molar-refractivity contribution in [2.75, 3.05) is 17.2 Å². The van der Waals surface area contributed by atoms with Gasteiger partial charge in [-0.3, -0.25) is 14.4 Å². The number of carboxylic acid groups (broad SMARTS) is 1. The Bertz CT molecular complexity index is 976. The number of benzene rings is 2. The van der Waals surface area contributed by atoms with E-state index >= 15 is 0 Å². The highest BCUT2D eigenvalue weighted by atomic mass is 16.4. The van der Waals surface area contributed by atoms with Crippen molar-refractivity contribution in [3.8, 4) is 5.75 Å². The maximum atomic E-state index is 13.0. The maximum absolute atomic E-state index is 13.0. The van der Waals surface area contributed by atoms with Gasteiger partial charge in [0, 0.05) is 12.0 Å². The number of rotatable bonds is 6. The minimum atomic E-state index is -0.812. The predicted molar refractivity (Wildman–Crippen MR) is 122 cm³/mol. The van der Waals surface area contributed by atoms with Crippen LogP contribution in [0.3, 0.4) is 0 Å². The van der Waals surface area contributed by atoms with Crippen molar-refractivity contribution < 1.29 is 24.6 Å². The van der Waals surface area contributed by atoms with Gasteiger partial charge >= 0.3 is 5.97 Å². The number of carboxylic acids is 1. The van der Waals surface area contributed by atoms with Crippen LogP contribution in [0.4, 0.5) is 11.4 Å². The molecule has 5 N–H and O–H groups in total. The number of aliphatic carboxylic acids is 1. The Balaban J connectivity index is 1.78. The smallest absolute Gasteiger partial charge is 0.303 e. The number of hydrogen-bond acceptors (Lipinski definition) is 5. The lowest BCUT2D eigenvalue weighted by molar-refractivity contribution is -0.137. The third-order valence-electron chi connectivity index (χ3n) is 5.41. The molecule has 0 radical (unpaired) electrons. The Morgan fingerprint density at radius 1 is 1.00 bits per heavy atom. The summed E-state index contributed by atoms with van der Waals surface area (Å²) in [6.45, 7) is 0.589. The molecule has 170 valence electrons. The Labute approximate surface area is 187 Å². The van der Waals surface area contributed by atoms with E-state index in [1.807, 2.05) is 0 Å². The standard InChI is InChI=1S/C24H29N3O5/c28-18-14-16-7-6-12-25-21(10-2-1-3-11-22(29)30)24(32)27-20-9-5-4-8-19(20)26-23(31)17(13-16)15-18/h4-5,8-9,13-15,21,25,28H,1-3,6-7,10-12H2,(H,26,31)(H,27,32)(H,29,30)/t21-/m0/s1. The molecule has 0 aromatic heterocycles. The molecule has 2 aromatic carbocycles. The van der Waals surface area contributed by atoms with Gasteiger partial charge in [-0.1, -0.05) is 25.0 Å². The molecule has 0 saturated heterocycles. The number of aryl methyl sites for hydroxylation is 1. The topological polar surface area (TPSA) is 128 Å². The van der Waals surface area contributed by atoms with Gasteiger partial charge in [0.15, 0.2) is 0 Å². The highest BCUT2D eigenvalue weighted by Gasteiger charge is 2.20. The van der Waals surface area contributed by atoms with Crippen LogP contribution in [0, 0.1) is 0 Å². The van der Waals surface area contributed by atoms with Crippen LogP contribution in [-0.2, 0) is 16.0 Å². The molecule has 3 rings (SSSR count). The SMILES string of the molecule is O=C(O)CCCCC[C@@H]1NCCCc2cc(O)cc(c2)C(=O)Nc2ccccc2NC1=O. The summed E-state index contributed by atoms with van der Waals surface area (Å²) in [5.74, 6) is -1.34. The second-order valence-electron chi connectivity index (χ2n) is 7.98. The normalized spacial score (nSPS) is 16.9. The Hall–Kier alpha value is -3.39. The average molecular weight is 440 g/mol. The molecule has 0 fully saturated rings. The molecule has 32 heavy (non-hydrogen) atoms. The number of anilines is 2. The number of carbonyl (C=O) groups is 3. The minimum absolute atomic E-state index is 0.0357. The summed E-state index contributed by atoms with van der Waals surface area (Å²) in [4.78, 5) is 36.4. The zero-order valence-electron chi connectivity index (χ0n) is 17.9. The van der Waals surface area contributed by atoms with Gasteiger partial charge in [0.2, 0.25) is 5.91 Å². The highest BCUT2D eigenvalue weighted by Crippen LogP contribution is 2.24. The van der Waals surface area contributed by atoms with E-state index in [0.29, 0.717) is 42.7 Å². The molecule has 1 heterocycles. The summed E-state index contributed by atoms with van der Waals surface area (Å²) in [5, 5.41) is 27.8. The molecule has 0 saturated carbocycles. The number of phenolic OH excluding ortho intramolecular Hbond substituents is 1. The van der Waals surface area contributed by atoms with Gasteiger partial charge in [0.1, 0.15) is 5.75 Å². The molecule has 8 heteroatoms. The number of hydrogen-bond donors (Lipinski definition) is 5. The summed E-state index contributed by atoms with van der Waals surface area (Å²) < 4.78 is 0. The van der Waals surface area contributed by atoms with Crippen molar-refractivity contribution in [3.05, 3.63) is 53.6 Å². The van der Waals surface area contributed by atoms with Crippen LogP contribution in [0.1, 0.15) is 54.4 Å². The Kier molecular flexibility index (Phi) is 8.21. The van der Waals surface area contributed by atoms with E-state index in [1.54, 1.807) is 36.4 Å². The van der Waals surface area contributed by atoms with Crippen molar-refractivity contribution >= 4 is 29.2 Å². The number of phenols is 1. The molecular weight excluding hydrogens is 410 g/mol. The van der Waals surface area contributed by atoms with Crippen molar-refractivity contribution in [1.29, 1.82) is 0 Å². The Morgan fingerprint density at radius 3 is 2.50 bits per heavy atom. The summed E-state index contributed by atoms with van der Waals surface area (Å²) in [5.41, 5.74) is 2.15. The third-order valence-corrected chi connectivity index (χ3v) is 5.41. The number of carbonyl (C=O) groups excluding carboxylic acids is 2. The number of amides is 2. The molecule has 1 aliphatic rings. The van der Waals surface area contributed by atoms with Crippen LogP contribution in [0.15, 0.2) is 42.5 Å². The van der Waals surface area contributed by atoms with Gasteiger partial charge in [0.05, 0.1) is 17.4 Å². The number of aromatic hydroxyl groups is 1. The fourth-order valence-electron chi connectivity index (χ4n) is 3.76. The van der Waals surface area contributed by atoms with E-state index < -0.39 is 12.0 Å². The number of unbranched alkanes of at least 4 members (excludes halogenated alkanes) is 2. The van der Waals surface area contributed by atoms with Gasteiger partial charge in [-0.05, 0) is 68.1 Å². The molecule has 2 aromatic rings. The largest absolute Gasteiger partial charge is 0.508 e. The summed E-state index contributed by atoms with van der Waals surface area (Å²) in [6, 6.07) is 11.4. The Morgan fingerprint density at radius 2 is 1.75 bits per heavy atom. The van der Waals surface area contributed by atoms with Crippen molar-refractivity contribution in [2.45, 2.75) is 51.0 Å². The van der Waals surface area contributed by atoms with Crippen molar-refractivity contribution in [1.82, 2.24) is 5.32 Å². The molecule has 8 nitrogen and oxygen atoms in total. The molecule has 1 aliphatic heterocycles. The van der Waals surface area contributed by atoms with E-state index in [9.17, 15) is 19.5 Å². The first kappa shape index (κ1) is 23.3. The lowest BCUT2D eigenvalue weighted by Gasteiger charge is -2.20. The van der Waals surface area contributed by atoms with Gasteiger partial charge in [0.25, 0.3) is 5.91 Å². The van der Waals surface area contributed by atoms with E-state index in [4.69, 9.17) is 5.11 Å². The molecule has 0 aliphatic carbocycles. The highest BCUT2D eigenvalue weighted by molar-refractivity contribution is 6.08. The van der Waals surface area contributed by atoms with Crippen molar-refractivity contribution in [2.24, 2.45) is 0 Å². The van der Waals surface area contributed by atoms with Crippen LogP contribution in [0.5, 0.6) is 5.75 Å². The van der Waals surface area contributed by atoms with Gasteiger partial charge in [-0.2, -0.15) is 0 Å². The minimum Gasteiger partial charge on any atom is -0.508 e. The first-order chi connectivity index (χ1) is 15.4. The van der Waals surface area contributed by atoms with Crippen LogP contribution in [-0.4, -0.2) is 40.6 Å². The zero-order valence-corrected chi connectivity index (χ0v) is 17.9. The lowest BCUT2D eigenvalue weighted by Crippen LogP contribution is -2.41. The summed E-state index contributed by atoms with van der Waals surface area (Å²) in [6.07, 6.45) is 4.12. The number of nitrogens with one attached hydrogen (secondary N) is 3. The molecule has 0 unspecified atom stereocenters. The lowest BCUT2D eigenvalue weighted by atomic mass is 10.0. The fourth-order valence-corrected chi connectivity index (χ4v) is 3.76. The fraction of sp³-hybridized carbons (Fsp3) is 0.375. The van der Waals surface area contributed by atoms with E-state index in [-0.39, 0.29) is 24.0 Å². The third kappa shape index (κ3) is 6.81. The second-order valence-corrected chi connectivity index (χ2v) is 7.98. The first-order valence-corrected chi connectivity index (χ1v) is 10.9. The molecule has 0 spiro atoms. The summed E-state index contributed by atoms with van der Waals surface area (Å²) in [7, 11) is 0. The van der Waals surface area contributed by atoms with E-state index in [2.05, 4.69) is 16.0 Å².